The number of hydrogen-bond acceptors (Lipinski definition) is 7. The van der Waals surface area contributed by atoms with Crippen LogP contribution in [-0.2, 0) is 37.4 Å². The molecule has 200 valence electrons. The molecule has 4 rings (SSSR count). The van der Waals surface area contributed by atoms with Crippen LogP contribution in [0.2, 0.25) is 0 Å². The maximum absolute atomic E-state index is 13.5. The van der Waals surface area contributed by atoms with Gasteiger partial charge in [-0.3, -0.25) is 9.59 Å². The van der Waals surface area contributed by atoms with Crippen molar-refractivity contribution >= 4 is 28.1 Å². The van der Waals surface area contributed by atoms with Crippen molar-refractivity contribution in [1.82, 2.24) is 15.0 Å². The van der Waals surface area contributed by atoms with E-state index in [1.807, 2.05) is 37.3 Å². The van der Waals surface area contributed by atoms with Gasteiger partial charge in [-0.1, -0.05) is 48.0 Å². The van der Waals surface area contributed by atoms with Gasteiger partial charge in [-0.15, -0.1) is 0 Å². The third-order valence-electron chi connectivity index (χ3n) is 5.95. The van der Waals surface area contributed by atoms with Crippen molar-refractivity contribution in [3.63, 3.8) is 0 Å². The maximum Gasteiger partial charge on any atom is 0.329 e. The van der Waals surface area contributed by atoms with Gasteiger partial charge in [-0.2, -0.15) is 9.41 Å². The molecule has 2 heterocycles. The number of hydrogen-bond donors (Lipinski definition) is 2. The molecule has 0 unspecified atom stereocenters. The fourth-order valence-electron chi connectivity index (χ4n) is 3.89. The zero-order chi connectivity index (χ0) is 27.0. The van der Waals surface area contributed by atoms with E-state index in [0.717, 1.165) is 24.0 Å². The Morgan fingerprint density at radius 2 is 1.79 bits per heavy atom. The molecule has 0 bridgehead atoms. The van der Waals surface area contributed by atoms with Crippen molar-refractivity contribution in [3.8, 4) is 0 Å². The predicted octanol–water partition coefficient (Wildman–Crippen LogP) is 2.72. The van der Waals surface area contributed by atoms with Crippen LogP contribution < -0.4 is 10.7 Å². The summed E-state index contributed by atoms with van der Waals surface area (Å²) in [7, 11) is -3.83. The first-order valence-corrected chi connectivity index (χ1v) is 13.7. The van der Waals surface area contributed by atoms with Crippen LogP contribution in [0.1, 0.15) is 35.5 Å². The summed E-state index contributed by atoms with van der Waals surface area (Å²) >= 11 is 0. The van der Waals surface area contributed by atoms with Crippen molar-refractivity contribution in [3.05, 3.63) is 89.4 Å². The number of amides is 2. The first kappa shape index (κ1) is 27.2. The van der Waals surface area contributed by atoms with E-state index in [0.29, 0.717) is 12.4 Å². The highest BCUT2D eigenvalue weighted by Crippen LogP contribution is 2.22. The summed E-state index contributed by atoms with van der Waals surface area (Å²) in [6.07, 6.45) is 2.94. The zero-order valence-corrected chi connectivity index (χ0v) is 21.8. The highest BCUT2D eigenvalue weighted by atomic mass is 32.2. The summed E-state index contributed by atoms with van der Waals surface area (Å²) in [6.45, 7) is 2.95. The smallest absolute Gasteiger partial charge is 0.329 e. The zero-order valence-electron chi connectivity index (χ0n) is 21.0. The van der Waals surface area contributed by atoms with Gasteiger partial charge in [-0.25, -0.2) is 13.8 Å². The Bertz CT molecular complexity index is 1360. The first-order valence-electron chi connectivity index (χ1n) is 12.2. The standard InChI is InChI=1S/C27H30N4O6S/c1-20-9-13-25(14-10-20)38(34,35)31(18-21-6-3-2-4-7-21)19-24-12-11-23(37-24)17-29-30-27(33)26(32)28-16-22-8-5-15-36-22/h2-4,6-7,9-14,17,22H,5,8,15-16,18-19H2,1H3,(H,28,32)(H,30,33)/b29-17+/t22-/m0/s1. The quantitative estimate of drug-likeness (QED) is 0.232. The molecule has 2 N–H and O–H groups in total. The van der Waals surface area contributed by atoms with Crippen LogP contribution in [0.4, 0.5) is 0 Å². The molecule has 0 spiro atoms. The van der Waals surface area contributed by atoms with Crippen molar-refractivity contribution in [2.24, 2.45) is 5.10 Å². The Kier molecular flexibility index (Phi) is 9.06. The largest absolute Gasteiger partial charge is 0.459 e. The van der Waals surface area contributed by atoms with Crippen LogP contribution in [0.3, 0.4) is 0 Å². The highest BCUT2D eigenvalue weighted by Gasteiger charge is 2.26. The lowest BCUT2D eigenvalue weighted by Gasteiger charge is -2.21. The lowest BCUT2D eigenvalue weighted by Crippen LogP contribution is -2.41. The number of sulfonamides is 1. The molecule has 0 saturated carbocycles. The summed E-state index contributed by atoms with van der Waals surface area (Å²) < 4.78 is 39.4. The number of carbonyl (C=O) groups excluding carboxylic acids is 2. The minimum atomic E-state index is -3.83. The summed E-state index contributed by atoms with van der Waals surface area (Å²) in [5.74, 6) is -1.05. The lowest BCUT2D eigenvalue weighted by atomic mass is 10.2. The molecule has 1 atom stereocenters. The van der Waals surface area contributed by atoms with Gasteiger partial charge in [0.05, 0.1) is 23.8 Å². The minimum absolute atomic E-state index is 0.0169. The second-order valence-electron chi connectivity index (χ2n) is 8.92. The van der Waals surface area contributed by atoms with Gasteiger partial charge < -0.3 is 14.5 Å². The van der Waals surface area contributed by atoms with E-state index in [2.05, 4.69) is 15.8 Å². The molecule has 11 heteroatoms. The van der Waals surface area contributed by atoms with Crippen molar-refractivity contribution in [1.29, 1.82) is 0 Å². The molecule has 0 radical (unpaired) electrons. The molecule has 1 aliphatic heterocycles. The van der Waals surface area contributed by atoms with Crippen LogP contribution in [0.15, 0.2) is 81.1 Å². The first-order chi connectivity index (χ1) is 18.3. The van der Waals surface area contributed by atoms with Gasteiger partial charge in [0.2, 0.25) is 10.0 Å². The topological polar surface area (TPSA) is 130 Å². The molecular weight excluding hydrogens is 508 g/mol. The van der Waals surface area contributed by atoms with E-state index in [9.17, 15) is 18.0 Å². The monoisotopic (exact) mass is 538 g/mol. The third kappa shape index (κ3) is 7.37. The number of furan rings is 1. The van der Waals surface area contributed by atoms with Crippen LogP contribution in [0.25, 0.3) is 0 Å². The van der Waals surface area contributed by atoms with Crippen molar-refractivity contribution in [2.75, 3.05) is 13.2 Å². The van der Waals surface area contributed by atoms with E-state index >= 15 is 0 Å². The fourth-order valence-corrected chi connectivity index (χ4v) is 5.29. The average Bonchev–Trinajstić information content (AvgIpc) is 3.60. The van der Waals surface area contributed by atoms with Gasteiger partial charge in [0.15, 0.2) is 0 Å². The third-order valence-corrected chi connectivity index (χ3v) is 7.76. The molecule has 1 saturated heterocycles. The normalized spacial score (nSPS) is 15.7. The lowest BCUT2D eigenvalue weighted by molar-refractivity contribution is -0.139. The number of carbonyl (C=O) groups is 2. The number of aryl methyl sites for hydroxylation is 1. The number of nitrogens with zero attached hydrogens (tertiary/aromatic N) is 2. The molecule has 3 aromatic rings. The van der Waals surface area contributed by atoms with Crippen molar-refractivity contribution < 1.29 is 27.2 Å². The average molecular weight is 539 g/mol. The van der Waals surface area contributed by atoms with Crippen LogP contribution in [-0.4, -0.2) is 50.0 Å². The molecule has 38 heavy (non-hydrogen) atoms. The minimum Gasteiger partial charge on any atom is -0.459 e. The second kappa shape index (κ2) is 12.6. The molecule has 2 aromatic carbocycles. The number of benzene rings is 2. The maximum atomic E-state index is 13.5. The predicted molar refractivity (Wildman–Crippen MR) is 140 cm³/mol. The summed E-state index contributed by atoms with van der Waals surface area (Å²) in [4.78, 5) is 24.0. The Hall–Kier alpha value is -3.80. The van der Waals surface area contributed by atoms with Crippen molar-refractivity contribution in [2.45, 2.75) is 43.9 Å². The van der Waals surface area contributed by atoms with Gasteiger partial charge in [0.25, 0.3) is 0 Å². The summed E-state index contributed by atoms with van der Waals surface area (Å²) in [5, 5.41) is 6.28. The Morgan fingerprint density at radius 3 is 2.50 bits per heavy atom. The Morgan fingerprint density at radius 1 is 1.03 bits per heavy atom. The van der Waals surface area contributed by atoms with E-state index in [1.165, 1.54) is 10.5 Å². The van der Waals surface area contributed by atoms with Gasteiger partial charge >= 0.3 is 11.8 Å². The molecular formula is C27H30N4O6S. The van der Waals surface area contributed by atoms with E-state index in [4.69, 9.17) is 9.15 Å². The molecule has 0 aliphatic carbocycles. The summed E-state index contributed by atoms with van der Waals surface area (Å²) in [6, 6.07) is 19.2. The Balaban J connectivity index is 1.39. The molecule has 2 amide bonds. The number of nitrogens with one attached hydrogen (secondary N) is 2. The second-order valence-corrected chi connectivity index (χ2v) is 10.9. The number of ether oxygens (including phenoxy) is 1. The van der Waals surface area contributed by atoms with Crippen LogP contribution >= 0.6 is 0 Å². The van der Waals surface area contributed by atoms with Gasteiger partial charge in [0, 0.05) is 19.7 Å². The van der Waals surface area contributed by atoms with Gasteiger partial charge in [-0.05, 0) is 49.6 Å². The Labute approximate surface area is 221 Å². The van der Waals surface area contributed by atoms with Gasteiger partial charge in [0.1, 0.15) is 11.5 Å². The molecule has 1 aliphatic rings. The van der Waals surface area contributed by atoms with E-state index < -0.39 is 21.8 Å². The van der Waals surface area contributed by atoms with Crippen LogP contribution in [0.5, 0.6) is 0 Å². The number of hydrazone groups is 1. The SMILES string of the molecule is Cc1ccc(S(=O)(=O)N(Cc2ccccc2)Cc2ccc(/C=N/NC(=O)C(=O)NC[C@@H]3CCCO3)o2)cc1. The van der Waals surface area contributed by atoms with E-state index in [-0.39, 0.29) is 36.4 Å². The number of rotatable bonds is 10. The van der Waals surface area contributed by atoms with Crippen LogP contribution in [0, 0.1) is 6.92 Å². The summed E-state index contributed by atoms with van der Waals surface area (Å²) in [5.41, 5.74) is 3.94. The fraction of sp³-hybridized carbons (Fsp3) is 0.296. The molecule has 1 fully saturated rings. The molecule has 10 nitrogen and oxygen atoms in total. The van der Waals surface area contributed by atoms with E-state index in [1.54, 1.807) is 36.4 Å². The molecule has 1 aromatic heterocycles. The highest BCUT2D eigenvalue weighted by molar-refractivity contribution is 7.89.